The van der Waals surface area contributed by atoms with Crippen molar-refractivity contribution >= 4 is 22.5 Å². The van der Waals surface area contributed by atoms with Gasteiger partial charge in [-0.3, -0.25) is 4.79 Å². The summed E-state index contributed by atoms with van der Waals surface area (Å²) in [6.45, 7) is 5.54. The number of Topliss-reactive ketones (excluding diaryl/α,β-unsaturated/α-hetero) is 1. The number of pyridine rings is 1. The van der Waals surface area contributed by atoms with Gasteiger partial charge in [-0.05, 0) is 38.8 Å². The maximum Gasteiger partial charge on any atom is 0.169 e. The molecule has 21 heavy (non-hydrogen) atoms. The Kier molecular flexibility index (Phi) is 4.39. The predicted molar refractivity (Wildman–Crippen MR) is 82.9 cm³/mol. The Morgan fingerprint density at radius 2 is 2.33 bits per heavy atom. The van der Waals surface area contributed by atoms with Crippen molar-refractivity contribution in [1.82, 2.24) is 9.97 Å². The number of nitriles is 1. The van der Waals surface area contributed by atoms with Crippen LogP contribution in [0.3, 0.4) is 0 Å². The minimum Gasteiger partial charge on any atom is -0.382 e. The summed E-state index contributed by atoms with van der Waals surface area (Å²) in [5.74, 6) is -0.212. The van der Waals surface area contributed by atoms with Gasteiger partial charge in [-0.15, -0.1) is 0 Å². The second kappa shape index (κ2) is 6.23. The third-order valence-corrected chi connectivity index (χ3v) is 3.13. The number of nitrogens with one attached hydrogen (secondary N) is 2. The van der Waals surface area contributed by atoms with Gasteiger partial charge in [0.1, 0.15) is 11.7 Å². The molecule has 5 nitrogen and oxygen atoms in total. The van der Waals surface area contributed by atoms with Crippen LogP contribution in [0, 0.1) is 11.3 Å². The van der Waals surface area contributed by atoms with Crippen LogP contribution in [0.25, 0.3) is 11.0 Å². The third-order valence-electron chi connectivity index (χ3n) is 3.13. The van der Waals surface area contributed by atoms with Gasteiger partial charge in [0.2, 0.25) is 0 Å². The zero-order valence-corrected chi connectivity index (χ0v) is 12.4. The lowest BCUT2D eigenvalue weighted by Crippen LogP contribution is -2.10. The van der Waals surface area contributed by atoms with Crippen LogP contribution >= 0.6 is 0 Å². The Balaban J connectivity index is 2.41. The Morgan fingerprint density at radius 3 is 2.95 bits per heavy atom. The van der Waals surface area contributed by atoms with E-state index in [1.165, 1.54) is 6.92 Å². The number of ketones is 1. The van der Waals surface area contributed by atoms with E-state index < -0.39 is 0 Å². The number of H-pyrrole nitrogens is 1. The first-order valence-electron chi connectivity index (χ1n) is 6.85. The quantitative estimate of drug-likeness (QED) is 0.652. The van der Waals surface area contributed by atoms with E-state index in [0.717, 1.165) is 22.3 Å². The first-order valence-corrected chi connectivity index (χ1v) is 6.85. The highest BCUT2D eigenvalue weighted by molar-refractivity contribution is 5.97. The van der Waals surface area contributed by atoms with Crippen LogP contribution < -0.4 is 5.32 Å². The fourth-order valence-corrected chi connectivity index (χ4v) is 2.20. The number of hydrogen-bond acceptors (Lipinski definition) is 4. The van der Waals surface area contributed by atoms with Crippen LogP contribution in [-0.2, 0) is 11.2 Å². The van der Waals surface area contributed by atoms with Crippen molar-refractivity contribution in [3.05, 3.63) is 35.7 Å². The molecule has 0 amide bonds. The monoisotopic (exact) mass is 282 g/mol. The highest BCUT2D eigenvalue weighted by Gasteiger charge is 2.10. The average Bonchev–Trinajstić information content (AvgIpc) is 2.83. The molecular formula is C16H18N4O. The highest BCUT2D eigenvalue weighted by Crippen LogP contribution is 2.26. The maximum atomic E-state index is 11.3. The number of allylic oxidation sites excluding steroid dienone is 2. The number of fused-ring (bicyclic) bond motifs is 1. The zero-order chi connectivity index (χ0) is 15.4. The Bertz CT molecular complexity index is 734. The second-order valence-electron chi connectivity index (χ2n) is 5.18. The summed E-state index contributed by atoms with van der Waals surface area (Å²) >= 11 is 0. The van der Waals surface area contributed by atoms with Crippen molar-refractivity contribution < 1.29 is 4.79 Å². The third kappa shape index (κ3) is 3.29. The Morgan fingerprint density at radius 1 is 1.57 bits per heavy atom. The molecule has 2 heterocycles. The molecule has 0 bridgehead atoms. The number of nitrogens with zero attached hydrogens (tertiary/aromatic N) is 2. The molecule has 0 saturated carbocycles. The summed E-state index contributed by atoms with van der Waals surface area (Å²) in [5.41, 5.74) is 2.99. The molecule has 0 aliphatic heterocycles. The van der Waals surface area contributed by atoms with E-state index in [4.69, 9.17) is 5.26 Å². The Hall–Kier alpha value is -2.61. The maximum absolute atomic E-state index is 11.3. The molecule has 2 aromatic heterocycles. The summed E-state index contributed by atoms with van der Waals surface area (Å²) in [4.78, 5) is 18.7. The highest BCUT2D eigenvalue weighted by atomic mass is 16.1. The van der Waals surface area contributed by atoms with E-state index >= 15 is 0 Å². The second-order valence-corrected chi connectivity index (χ2v) is 5.18. The minimum absolute atomic E-state index is 0.187. The van der Waals surface area contributed by atoms with E-state index in [-0.39, 0.29) is 11.4 Å². The molecule has 0 aliphatic carbocycles. The largest absolute Gasteiger partial charge is 0.382 e. The van der Waals surface area contributed by atoms with Crippen molar-refractivity contribution in [1.29, 1.82) is 5.26 Å². The average molecular weight is 282 g/mol. The summed E-state index contributed by atoms with van der Waals surface area (Å²) in [5, 5.41) is 13.3. The van der Waals surface area contributed by atoms with Crippen LogP contribution in [0.15, 0.2) is 30.1 Å². The molecule has 2 N–H and O–H groups in total. The van der Waals surface area contributed by atoms with Gasteiger partial charge in [0.15, 0.2) is 5.78 Å². The SMILES string of the molecule is CC(=O)/C(C#N)=C/Cc1c[nH]c2nccc(NC(C)C)c12. The van der Waals surface area contributed by atoms with Crippen molar-refractivity contribution in [3.8, 4) is 6.07 Å². The lowest BCUT2D eigenvalue weighted by molar-refractivity contribution is -0.113. The molecule has 2 rings (SSSR count). The number of carbonyl (C=O) groups excluding carboxylic acids is 1. The Labute approximate surface area is 123 Å². The van der Waals surface area contributed by atoms with Gasteiger partial charge >= 0.3 is 0 Å². The van der Waals surface area contributed by atoms with Gasteiger partial charge in [-0.1, -0.05) is 6.08 Å². The molecule has 0 atom stereocenters. The standard InChI is InChI=1S/C16H18N4O/c1-10(2)20-14-6-7-18-16-15(14)13(9-19-16)5-4-12(8-17)11(3)21/h4,6-7,9-10H,5H2,1-3H3,(H2,18,19,20)/b12-4+. The predicted octanol–water partition coefficient (Wildman–Crippen LogP) is 2.96. The number of aromatic amines is 1. The van der Waals surface area contributed by atoms with Crippen molar-refractivity contribution in [2.75, 3.05) is 5.32 Å². The van der Waals surface area contributed by atoms with Crippen molar-refractivity contribution in [3.63, 3.8) is 0 Å². The molecule has 0 unspecified atom stereocenters. The van der Waals surface area contributed by atoms with Crippen LogP contribution in [0.5, 0.6) is 0 Å². The summed E-state index contributed by atoms with van der Waals surface area (Å²) in [6.07, 6.45) is 5.80. The number of carbonyl (C=O) groups is 1. The van der Waals surface area contributed by atoms with Gasteiger partial charge in [0.25, 0.3) is 0 Å². The molecule has 0 spiro atoms. The fourth-order valence-electron chi connectivity index (χ4n) is 2.20. The first-order chi connectivity index (χ1) is 10.0. The number of hydrogen-bond donors (Lipinski definition) is 2. The minimum atomic E-state index is -0.212. The molecule has 5 heteroatoms. The summed E-state index contributed by atoms with van der Waals surface area (Å²) < 4.78 is 0. The first kappa shape index (κ1) is 14.8. The van der Waals surface area contributed by atoms with Crippen LogP contribution in [-0.4, -0.2) is 21.8 Å². The van der Waals surface area contributed by atoms with E-state index in [0.29, 0.717) is 12.5 Å². The zero-order valence-electron chi connectivity index (χ0n) is 12.4. The van der Waals surface area contributed by atoms with Crippen LogP contribution in [0.2, 0.25) is 0 Å². The van der Waals surface area contributed by atoms with Gasteiger partial charge in [0.05, 0.1) is 5.57 Å². The molecular weight excluding hydrogens is 264 g/mol. The molecule has 0 saturated heterocycles. The van der Waals surface area contributed by atoms with Crippen molar-refractivity contribution in [2.45, 2.75) is 33.2 Å². The molecule has 108 valence electrons. The molecule has 0 aromatic carbocycles. The van der Waals surface area contributed by atoms with E-state index in [1.807, 2.05) is 18.3 Å². The molecule has 2 aromatic rings. The smallest absolute Gasteiger partial charge is 0.169 e. The van der Waals surface area contributed by atoms with Crippen molar-refractivity contribution in [2.24, 2.45) is 0 Å². The van der Waals surface area contributed by atoms with Gasteiger partial charge in [0, 0.05) is 29.5 Å². The van der Waals surface area contributed by atoms with E-state index in [9.17, 15) is 4.79 Å². The topological polar surface area (TPSA) is 81.6 Å². The van der Waals surface area contributed by atoms with Gasteiger partial charge < -0.3 is 10.3 Å². The summed E-state index contributed by atoms with van der Waals surface area (Å²) in [6, 6.07) is 4.17. The number of anilines is 1. The van der Waals surface area contributed by atoms with Gasteiger partial charge in [-0.2, -0.15) is 5.26 Å². The fraction of sp³-hybridized carbons (Fsp3) is 0.312. The molecule has 0 fully saturated rings. The number of aromatic nitrogens is 2. The summed E-state index contributed by atoms with van der Waals surface area (Å²) in [7, 11) is 0. The van der Waals surface area contributed by atoms with Crippen LogP contribution in [0.4, 0.5) is 5.69 Å². The lowest BCUT2D eigenvalue weighted by Gasteiger charge is -2.11. The van der Waals surface area contributed by atoms with Crippen LogP contribution in [0.1, 0.15) is 26.3 Å². The van der Waals surface area contributed by atoms with E-state index in [2.05, 4.69) is 29.1 Å². The van der Waals surface area contributed by atoms with Gasteiger partial charge in [-0.25, -0.2) is 4.98 Å². The lowest BCUT2D eigenvalue weighted by atomic mass is 10.1. The molecule has 0 aliphatic rings. The molecule has 0 radical (unpaired) electrons. The van der Waals surface area contributed by atoms with E-state index in [1.54, 1.807) is 12.3 Å². The normalized spacial score (nSPS) is 11.7. The number of rotatable bonds is 5.